The molecule has 176 valence electrons. The van der Waals surface area contributed by atoms with Crippen LogP contribution in [0, 0.1) is 16.2 Å². The number of quaternary nitrogens is 3. The van der Waals surface area contributed by atoms with Gasteiger partial charge in [0.05, 0.1) is 41.0 Å². The Morgan fingerprint density at radius 3 is 0.897 bits per heavy atom. The van der Waals surface area contributed by atoms with Crippen molar-refractivity contribution in [1.29, 1.82) is 16.2 Å². The Bertz CT molecular complexity index is 432. The van der Waals surface area contributed by atoms with Crippen molar-refractivity contribution in [2.24, 2.45) is 17.2 Å². The molecular weight excluding hydrogens is 413 g/mol. The van der Waals surface area contributed by atoms with Gasteiger partial charge in [0.1, 0.15) is 19.6 Å². The molecule has 3 unspecified atom stereocenters. The first-order chi connectivity index (χ1) is 13.0. The zero-order chi connectivity index (χ0) is 24.2. The normalized spacial score (nSPS) is 13.0. The maximum Gasteiger partial charge on any atom is 0.290 e. The summed E-state index contributed by atoms with van der Waals surface area (Å²) >= 11 is 0. The van der Waals surface area contributed by atoms with E-state index >= 15 is 0 Å². The molecule has 0 amide bonds. The summed E-state index contributed by atoms with van der Waals surface area (Å²) in [7, 11) is -0.185. The maximum absolute atomic E-state index is 8.55. The molecule has 0 aromatic heterocycles. The van der Waals surface area contributed by atoms with Crippen LogP contribution in [0.15, 0.2) is 0 Å². The van der Waals surface area contributed by atoms with E-state index in [0.717, 1.165) is 14.7 Å². The van der Waals surface area contributed by atoms with Crippen LogP contribution in [-0.2, 0) is 4.57 Å². The molecule has 16 nitrogen and oxygen atoms in total. The minimum atomic E-state index is -5.39. The fraction of sp³-hybridized carbons (Fsp3) is 0.750. The van der Waals surface area contributed by atoms with Gasteiger partial charge in [-0.3, -0.25) is 14.7 Å². The highest BCUT2D eigenvalue weighted by atomic mass is 31.2. The van der Waals surface area contributed by atoms with E-state index in [2.05, 4.69) is 0 Å². The lowest BCUT2D eigenvalue weighted by atomic mass is 10.6. The third-order valence-electron chi connectivity index (χ3n) is 2.84. The number of aliphatic hydroxyl groups excluding tert-OH is 3. The minimum Gasteiger partial charge on any atom is -0.822 e. The molecule has 0 saturated heterocycles. The maximum atomic E-state index is 8.55. The van der Waals surface area contributed by atoms with E-state index in [0.29, 0.717) is 19.6 Å². The third kappa shape index (κ3) is 41.7. The fourth-order valence-corrected chi connectivity index (χ4v) is 0.907. The predicted molar refractivity (Wildman–Crippen MR) is 99.9 cm³/mol. The third-order valence-corrected chi connectivity index (χ3v) is 2.84. The molecule has 0 rings (SSSR count). The van der Waals surface area contributed by atoms with E-state index in [1.807, 2.05) is 0 Å². The van der Waals surface area contributed by atoms with E-state index in [1.54, 1.807) is 21.1 Å². The lowest BCUT2D eigenvalue weighted by molar-refractivity contribution is -0.785. The molecule has 17 heteroatoms. The van der Waals surface area contributed by atoms with Crippen molar-refractivity contribution < 1.29 is 49.3 Å². The van der Waals surface area contributed by atoms with Crippen LogP contribution in [0.3, 0.4) is 0 Å². The summed E-state index contributed by atoms with van der Waals surface area (Å²) in [6.07, 6.45) is 0. The van der Waals surface area contributed by atoms with Gasteiger partial charge >= 0.3 is 0 Å². The smallest absolute Gasteiger partial charge is 0.290 e. The van der Waals surface area contributed by atoms with Gasteiger partial charge in [-0.1, -0.05) is 0 Å². The van der Waals surface area contributed by atoms with Crippen molar-refractivity contribution in [1.82, 2.24) is 0 Å². The topological polar surface area (TPSA) is 310 Å². The molecule has 15 N–H and O–H groups in total. The van der Waals surface area contributed by atoms with Crippen molar-refractivity contribution in [3.8, 4) is 0 Å². The van der Waals surface area contributed by atoms with Gasteiger partial charge in [0.15, 0.2) is 0 Å². The van der Waals surface area contributed by atoms with E-state index in [4.69, 9.17) is 68.0 Å². The second-order valence-corrected chi connectivity index (χ2v) is 6.34. The number of hydrogen-bond donors (Lipinski definition) is 12. The van der Waals surface area contributed by atoms with Gasteiger partial charge in [-0.25, -0.2) is 16.2 Å². The first-order valence-corrected chi connectivity index (χ1v) is 9.57. The Kier molecular flexibility index (Phi) is 25.2. The standard InChI is InChI=1S/3C4H11N3O.H3O4P/c3*1-7(2-3-8)4(5)6;1-5(2,3)4/h3*8H,2-3H2,1H3,(H3,5,6);(H3,1,2,3,4). The second-order valence-electron chi connectivity index (χ2n) is 5.45. The van der Waals surface area contributed by atoms with E-state index in [-0.39, 0.29) is 37.7 Å². The quantitative estimate of drug-likeness (QED) is 0.103. The molecule has 0 aromatic carbocycles. The van der Waals surface area contributed by atoms with Crippen LogP contribution >= 0.6 is 7.82 Å². The molecule has 0 saturated carbocycles. The molecule has 0 aliphatic heterocycles. The Balaban J connectivity index is -0.000000146. The number of rotatable bonds is 6. The van der Waals surface area contributed by atoms with Gasteiger partial charge in [0, 0.05) is 0 Å². The summed E-state index contributed by atoms with van der Waals surface area (Å²) in [6, 6.07) is 0. The van der Waals surface area contributed by atoms with Crippen LogP contribution in [0.4, 0.5) is 0 Å². The van der Waals surface area contributed by atoms with Crippen molar-refractivity contribution in [2.45, 2.75) is 0 Å². The van der Waals surface area contributed by atoms with E-state index in [1.165, 1.54) is 0 Å². The Hall–Kier alpha value is -1.72. The summed E-state index contributed by atoms with van der Waals surface area (Å²) < 4.78 is 8.55. The molecule has 3 atom stereocenters. The van der Waals surface area contributed by atoms with Gasteiger partial charge in [-0.15, -0.1) is 0 Å². The SMILES string of the molecule is C[NH+](CCO)C(=N)N.C[NH+](CCO)C(=N)N.C[NH+](CCO)C(=N)N.O=P([O-])([O-])[O-]. The summed E-state index contributed by atoms with van der Waals surface area (Å²) in [6.45, 7) is 1.75. The number of likely N-dealkylation sites (N-methyl/N-ethyl adjacent to an activating group) is 3. The molecule has 0 aromatic rings. The number of nitrogens with two attached hydrogens (primary N) is 3. The van der Waals surface area contributed by atoms with Crippen molar-refractivity contribution >= 4 is 25.7 Å². The van der Waals surface area contributed by atoms with Crippen LogP contribution in [0.5, 0.6) is 0 Å². The molecule has 0 aliphatic rings. The van der Waals surface area contributed by atoms with Crippen LogP contribution in [0.25, 0.3) is 0 Å². The van der Waals surface area contributed by atoms with Crippen LogP contribution in [-0.4, -0.2) is 93.8 Å². The molecule has 0 aliphatic carbocycles. The van der Waals surface area contributed by atoms with E-state index < -0.39 is 7.82 Å². The monoisotopic (exact) mass is 449 g/mol. The highest BCUT2D eigenvalue weighted by Gasteiger charge is 2.02. The lowest BCUT2D eigenvalue weighted by Gasteiger charge is -2.36. The van der Waals surface area contributed by atoms with Gasteiger partial charge in [-0.2, -0.15) is 7.82 Å². The molecule has 0 fully saturated rings. The molecule has 0 radical (unpaired) electrons. The highest BCUT2D eigenvalue weighted by Crippen LogP contribution is 2.03. The molecule has 0 bridgehead atoms. The van der Waals surface area contributed by atoms with Crippen LogP contribution in [0.1, 0.15) is 0 Å². The number of aliphatic hydroxyl groups is 3. The lowest BCUT2D eigenvalue weighted by Crippen LogP contribution is -3.13. The highest BCUT2D eigenvalue weighted by molar-refractivity contribution is 7.40. The number of hydrogen-bond acceptors (Lipinski definition) is 10. The summed E-state index contributed by atoms with van der Waals surface area (Å²) in [4.78, 5) is 27.9. The van der Waals surface area contributed by atoms with Crippen molar-refractivity contribution in [3.05, 3.63) is 0 Å². The van der Waals surface area contributed by atoms with E-state index in [9.17, 15) is 0 Å². The first kappa shape index (κ1) is 34.8. The van der Waals surface area contributed by atoms with Gasteiger partial charge in [0.25, 0.3) is 17.9 Å². The molecule has 0 heterocycles. The van der Waals surface area contributed by atoms with Crippen molar-refractivity contribution in [2.75, 3.05) is 60.6 Å². The molecular formula is C12H36N9O7P. The first-order valence-electron chi connectivity index (χ1n) is 8.11. The Morgan fingerprint density at radius 1 is 0.724 bits per heavy atom. The minimum absolute atomic E-state index is 0.0686. The summed E-state index contributed by atoms with van der Waals surface area (Å²) in [5.41, 5.74) is 15.2. The number of phosphoric acid groups is 1. The van der Waals surface area contributed by atoms with Gasteiger partial charge in [-0.05, 0) is 0 Å². The zero-order valence-electron chi connectivity index (χ0n) is 16.9. The molecule has 0 spiro atoms. The average Bonchev–Trinajstić information content (AvgIpc) is 2.55. The Labute approximate surface area is 169 Å². The van der Waals surface area contributed by atoms with Crippen molar-refractivity contribution in [3.63, 3.8) is 0 Å². The zero-order valence-corrected chi connectivity index (χ0v) is 17.8. The second kappa shape index (κ2) is 21.0. The number of nitrogens with one attached hydrogen (secondary N) is 6. The summed E-state index contributed by atoms with van der Waals surface area (Å²) in [5, 5.41) is 45.4. The van der Waals surface area contributed by atoms with Crippen LogP contribution < -0.4 is 46.6 Å². The fourth-order valence-electron chi connectivity index (χ4n) is 0.907. The summed E-state index contributed by atoms with van der Waals surface area (Å²) in [5.74, 6) is 0.206. The van der Waals surface area contributed by atoms with Gasteiger partial charge < -0.3 is 51.8 Å². The average molecular weight is 449 g/mol. The Morgan fingerprint density at radius 2 is 0.862 bits per heavy atom. The van der Waals surface area contributed by atoms with Crippen LogP contribution in [0.2, 0.25) is 0 Å². The number of guanidine groups is 3. The largest absolute Gasteiger partial charge is 0.822 e. The van der Waals surface area contributed by atoms with Gasteiger partial charge in [0.2, 0.25) is 0 Å². The predicted octanol–water partition coefficient (Wildman–Crippen LogP) is -10.7. The molecule has 29 heavy (non-hydrogen) atoms.